The van der Waals surface area contributed by atoms with E-state index in [2.05, 4.69) is 86.9 Å². The van der Waals surface area contributed by atoms with Gasteiger partial charge in [-0.3, -0.25) is 4.65 Å². The van der Waals surface area contributed by atoms with Crippen molar-refractivity contribution in [2.75, 3.05) is 0 Å². The maximum Gasteiger partial charge on any atom is 0.160 e. The van der Waals surface area contributed by atoms with Gasteiger partial charge < -0.3 is 0 Å². The van der Waals surface area contributed by atoms with Gasteiger partial charge in [0, 0.05) is 0 Å². The monoisotopic (exact) mass is 284 g/mol. The first-order valence-electron chi connectivity index (χ1n) is 6.77. The summed E-state index contributed by atoms with van der Waals surface area (Å²) >= 11 is 0. The molecule has 0 aromatic heterocycles. The molecule has 0 amide bonds. The van der Waals surface area contributed by atoms with Crippen LogP contribution in [0.2, 0.25) is 26.2 Å². The van der Waals surface area contributed by atoms with Gasteiger partial charge in [0.15, 0.2) is 16.5 Å². The molecule has 1 radical (unpaired) electrons. The first kappa shape index (κ1) is 14.2. The molecule has 2 rings (SSSR count). The Labute approximate surface area is 118 Å². The normalized spacial score (nSPS) is 12.4. The Balaban J connectivity index is 2.25. The van der Waals surface area contributed by atoms with Crippen molar-refractivity contribution in [2.24, 2.45) is 0 Å². The lowest BCUT2D eigenvalue weighted by molar-refractivity contribution is 1.32. The van der Waals surface area contributed by atoms with Crippen LogP contribution in [0, 0.1) is 0 Å². The molecule has 1 nitrogen and oxygen atoms in total. The maximum absolute atomic E-state index is 5.36. The zero-order valence-corrected chi connectivity index (χ0v) is 14.2. The average molecular weight is 285 g/mol. The van der Waals surface area contributed by atoms with Crippen molar-refractivity contribution in [1.29, 1.82) is 0 Å². The number of nitrogens with zero attached hydrogens (tertiary/aromatic N) is 1. The van der Waals surface area contributed by atoms with Gasteiger partial charge in [-0.15, -0.1) is 0 Å². The summed E-state index contributed by atoms with van der Waals surface area (Å²) in [6.07, 6.45) is 0. The topological polar surface area (TPSA) is 14.1 Å². The van der Waals surface area contributed by atoms with Crippen LogP contribution in [0.5, 0.6) is 0 Å². The fourth-order valence-electron chi connectivity index (χ4n) is 2.52. The highest BCUT2D eigenvalue weighted by molar-refractivity contribution is 7.02. The van der Waals surface area contributed by atoms with Crippen LogP contribution in [0.15, 0.2) is 60.7 Å². The van der Waals surface area contributed by atoms with Crippen LogP contribution in [0.1, 0.15) is 0 Å². The summed E-state index contributed by atoms with van der Waals surface area (Å²) in [4.78, 5) is 0. The second-order valence-corrected chi connectivity index (χ2v) is 14.2. The fraction of sp³-hybridized carbons (Fsp3) is 0.250. The molecule has 99 valence electrons. The van der Waals surface area contributed by atoms with E-state index in [9.17, 15) is 0 Å². The van der Waals surface area contributed by atoms with Crippen molar-refractivity contribution in [3.8, 4) is 0 Å². The molecule has 0 aliphatic carbocycles. The Hall–Kier alpha value is -1.17. The molecule has 0 N–H and O–H groups in total. The van der Waals surface area contributed by atoms with Crippen LogP contribution in [0.25, 0.3) is 0 Å². The molecule has 0 aliphatic heterocycles. The summed E-state index contributed by atoms with van der Waals surface area (Å²) in [5.74, 6) is 0. The van der Waals surface area contributed by atoms with Crippen LogP contribution in [-0.4, -0.2) is 16.5 Å². The van der Waals surface area contributed by atoms with Gasteiger partial charge >= 0.3 is 0 Å². The van der Waals surface area contributed by atoms with Gasteiger partial charge in [-0.1, -0.05) is 86.9 Å². The predicted molar refractivity (Wildman–Crippen MR) is 89.3 cm³/mol. The lowest BCUT2D eigenvalue weighted by atomic mass is 10.4. The van der Waals surface area contributed by atoms with Gasteiger partial charge in [0.2, 0.25) is 0 Å². The van der Waals surface area contributed by atoms with Crippen molar-refractivity contribution >= 4 is 26.8 Å². The summed E-state index contributed by atoms with van der Waals surface area (Å²) in [5, 5.41) is 2.85. The Morgan fingerprint density at radius 1 is 0.579 bits per heavy atom. The summed E-state index contributed by atoms with van der Waals surface area (Å²) in [7, 11) is -3.42. The molecule has 0 heterocycles. The van der Waals surface area contributed by atoms with Crippen molar-refractivity contribution in [3.63, 3.8) is 0 Å². The number of hydrogen-bond acceptors (Lipinski definition) is 0. The zero-order valence-electron chi connectivity index (χ0n) is 12.2. The van der Waals surface area contributed by atoms with Gasteiger partial charge in [-0.05, 0) is 10.4 Å². The summed E-state index contributed by atoms with van der Waals surface area (Å²) in [6.45, 7) is 9.39. The molecular weight excluding hydrogens is 262 g/mol. The molecule has 2 aromatic carbocycles. The van der Waals surface area contributed by atoms with E-state index in [0.717, 1.165) is 0 Å². The zero-order chi connectivity index (χ0) is 13.9. The van der Waals surface area contributed by atoms with Gasteiger partial charge in [-0.2, -0.15) is 0 Å². The van der Waals surface area contributed by atoms with E-state index in [-0.39, 0.29) is 0 Å². The van der Waals surface area contributed by atoms with Gasteiger partial charge in [0.05, 0.1) is 0 Å². The molecule has 0 bridgehead atoms. The summed E-state index contributed by atoms with van der Waals surface area (Å²) < 4.78 is 5.36. The number of hydrogen-bond donors (Lipinski definition) is 0. The van der Waals surface area contributed by atoms with E-state index in [1.807, 2.05) is 0 Å². The highest BCUT2D eigenvalue weighted by atomic mass is 28.4. The van der Waals surface area contributed by atoms with Crippen LogP contribution < -0.4 is 15.0 Å². The van der Waals surface area contributed by atoms with E-state index in [4.69, 9.17) is 4.65 Å². The van der Waals surface area contributed by atoms with E-state index in [0.29, 0.717) is 0 Å². The van der Waals surface area contributed by atoms with E-state index < -0.39 is 16.5 Å². The SMILES string of the molecule is C[Si](C)([N][Si](C)(C)c1ccccc1)c1ccccc1. The minimum absolute atomic E-state index is 1.42. The highest BCUT2D eigenvalue weighted by Crippen LogP contribution is 2.09. The Morgan fingerprint density at radius 2 is 0.895 bits per heavy atom. The standard InChI is InChI=1S/C16H22NSi2/c1-18(2,15-11-7-5-8-12-15)17-19(3,4)16-13-9-6-10-14-16/h5-14H,1-4H3. The maximum atomic E-state index is 5.36. The Bertz CT molecular complexity index is 471. The molecule has 0 saturated carbocycles. The molecule has 2 aromatic rings. The molecule has 0 spiro atoms. The van der Waals surface area contributed by atoms with Crippen LogP contribution in [-0.2, 0) is 0 Å². The van der Waals surface area contributed by atoms with E-state index in [1.165, 1.54) is 10.4 Å². The second kappa shape index (κ2) is 5.45. The van der Waals surface area contributed by atoms with Gasteiger partial charge in [0.25, 0.3) is 0 Å². The second-order valence-electron chi connectivity index (χ2n) is 5.96. The van der Waals surface area contributed by atoms with Crippen LogP contribution in [0.3, 0.4) is 0 Å². The van der Waals surface area contributed by atoms with Crippen molar-refractivity contribution in [1.82, 2.24) is 4.65 Å². The minimum atomic E-state index is -1.71. The van der Waals surface area contributed by atoms with Gasteiger partial charge in [0.1, 0.15) is 0 Å². The van der Waals surface area contributed by atoms with E-state index >= 15 is 0 Å². The molecule has 0 fully saturated rings. The third-order valence-electron chi connectivity index (χ3n) is 3.52. The molecule has 0 aliphatic rings. The molecule has 0 atom stereocenters. The lowest BCUT2D eigenvalue weighted by Gasteiger charge is -2.33. The van der Waals surface area contributed by atoms with Crippen molar-refractivity contribution in [2.45, 2.75) is 26.2 Å². The fourth-order valence-corrected chi connectivity index (χ4v) is 11.2. The third-order valence-corrected chi connectivity index (χ3v) is 11.5. The predicted octanol–water partition coefficient (Wildman–Crippen LogP) is 2.82. The van der Waals surface area contributed by atoms with Crippen LogP contribution in [0.4, 0.5) is 0 Å². The first-order valence-corrected chi connectivity index (χ1v) is 12.7. The Morgan fingerprint density at radius 3 is 1.21 bits per heavy atom. The highest BCUT2D eigenvalue weighted by Gasteiger charge is 2.35. The lowest BCUT2D eigenvalue weighted by Crippen LogP contribution is -2.64. The Kier molecular flexibility index (Phi) is 4.08. The smallest absolute Gasteiger partial charge is 0.160 e. The number of rotatable bonds is 4. The first-order chi connectivity index (χ1) is 8.92. The quantitative estimate of drug-likeness (QED) is 0.767. The molecular formula is C16H22NSi2. The minimum Gasteiger partial charge on any atom is -0.286 e. The molecule has 19 heavy (non-hydrogen) atoms. The molecule has 0 unspecified atom stereocenters. The van der Waals surface area contributed by atoms with Crippen molar-refractivity contribution < 1.29 is 0 Å². The summed E-state index contributed by atoms with van der Waals surface area (Å²) in [5.41, 5.74) is 0. The van der Waals surface area contributed by atoms with Gasteiger partial charge in [-0.25, -0.2) is 0 Å². The molecule has 0 saturated heterocycles. The molecule has 3 heteroatoms. The summed E-state index contributed by atoms with van der Waals surface area (Å²) in [6, 6.07) is 21.6. The largest absolute Gasteiger partial charge is 0.286 e. The van der Waals surface area contributed by atoms with E-state index in [1.54, 1.807) is 0 Å². The average Bonchev–Trinajstić information content (AvgIpc) is 2.40. The third kappa shape index (κ3) is 3.44. The van der Waals surface area contributed by atoms with Crippen LogP contribution >= 0.6 is 0 Å². The van der Waals surface area contributed by atoms with Crippen molar-refractivity contribution in [3.05, 3.63) is 60.7 Å². The number of benzene rings is 2.